The molecule has 1 aromatic carbocycles. The number of halogens is 1. The predicted molar refractivity (Wildman–Crippen MR) is 126 cm³/mol. The maximum Gasteiger partial charge on any atom is 0.0432 e. The zero-order valence-electron chi connectivity index (χ0n) is 19.2. The Morgan fingerprint density at radius 2 is 1.57 bits per heavy atom. The zero-order valence-corrected chi connectivity index (χ0v) is 20.0. The van der Waals surface area contributed by atoms with Gasteiger partial charge in [0.1, 0.15) is 0 Å². The highest BCUT2D eigenvalue weighted by Gasteiger charge is 2.40. The lowest BCUT2D eigenvalue weighted by molar-refractivity contribution is 0.0969. The van der Waals surface area contributed by atoms with Crippen LogP contribution in [-0.2, 0) is 0 Å². The number of hydrogen-bond acceptors (Lipinski definition) is 2. The molecule has 1 saturated carbocycles. The molecule has 1 aromatic rings. The van der Waals surface area contributed by atoms with Crippen molar-refractivity contribution in [1.29, 1.82) is 0 Å². The van der Waals surface area contributed by atoms with Gasteiger partial charge in [-0.15, -0.1) is 12.4 Å². The molecule has 2 nitrogen and oxygen atoms in total. The molecule has 0 radical (unpaired) electrons. The number of unbranched alkanes of at least 4 members (excludes halogenated alkanes) is 1. The van der Waals surface area contributed by atoms with Crippen molar-refractivity contribution in [3.63, 3.8) is 0 Å². The van der Waals surface area contributed by atoms with Crippen LogP contribution in [-0.4, -0.2) is 37.6 Å². The summed E-state index contributed by atoms with van der Waals surface area (Å²) in [6.45, 7) is 20.6. The lowest BCUT2D eigenvalue weighted by Crippen LogP contribution is -2.47. The first-order chi connectivity index (χ1) is 12.7. The van der Waals surface area contributed by atoms with Crippen LogP contribution in [0.1, 0.15) is 83.8 Å². The third-order valence-corrected chi connectivity index (χ3v) is 6.78. The van der Waals surface area contributed by atoms with Crippen LogP contribution in [0.2, 0.25) is 0 Å². The molecule has 0 atom stereocenters. The number of anilines is 1. The van der Waals surface area contributed by atoms with Crippen LogP contribution < -0.4 is 4.90 Å². The van der Waals surface area contributed by atoms with E-state index in [4.69, 9.17) is 0 Å². The molecule has 1 saturated heterocycles. The van der Waals surface area contributed by atoms with E-state index in [1.807, 2.05) is 0 Å². The first kappa shape index (κ1) is 23.5. The number of para-hydroxylation sites is 1. The molecule has 1 aliphatic heterocycles. The van der Waals surface area contributed by atoms with Gasteiger partial charge in [-0.1, -0.05) is 59.2 Å². The number of benzene rings is 1. The molecule has 0 amide bonds. The molecule has 2 aliphatic rings. The molecule has 0 bridgehead atoms. The van der Waals surface area contributed by atoms with Gasteiger partial charge >= 0.3 is 0 Å². The third-order valence-electron chi connectivity index (χ3n) is 6.78. The van der Waals surface area contributed by atoms with Crippen molar-refractivity contribution in [2.75, 3.05) is 37.6 Å². The van der Waals surface area contributed by atoms with E-state index in [2.05, 4.69) is 69.5 Å². The highest BCUT2D eigenvalue weighted by Crippen LogP contribution is 2.53. The summed E-state index contributed by atoms with van der Waals surface area (Å²) >= 11 is 0. The quantitative estimate of drug-likeness (QED) is 0.539. The molecular formula is C25H43ClN2. The largest absolute Gasteiger partial charge is 0.369 e. The van der Waals surface area contributed by atoms with Crippen LogP contribution in [0.5, 0.6) is 0 Å². The molecule has 0 aromatic heterocycles. The van der Waals surface area contributed by atoms with E-state index in [0.29, 0.717) is 16.7 Å². The summed E-state index contributed by atoms with van der Waals surface area (Å²) in [5.74, 6) is 0.691. The molecule has 2 fully saturated rings. The van der Waals surface area contributed by atoms with Crippen LogP contribution in [0, 0.1) is 17.8 Å². The molecule has 0 N–H and O–H groups in total. The number of nitrogens with zero attached hydrogens (tertiary/aromatic N) is 2. The number of aryl methyl sites for hydroxylation is 1. The van der Waals surface area contributed by atoms with Gasteiger partial charge in [0.2, 0.25) is 0 Å². The number of hydrogen-bond donors (Lipinski definition) is 0. The molecule has 3 heteroatoms. The second-order valence-electron chi connectivity index (χ2n) is 10.8. The van der Waals surface area contributed by atoms with Gasteiger partial charge in [0.25, 0.3) is 0 Å². The average Bonchev–Trinajstić information content (AvgIpc) is 2.57. The number of rotatable bonds is 5. The molecule has 1 aliphatic carbocycles. The summed E-state index contributed by atoms with van der Waals surface area (Å²) in [6, 6.07) is 7.05. The molecule has 0 unspecified atom stereocenters. The molecular weight excluding hydrogens is 364 g/mol. The van der Waals surface area contributed by atoms with Crippen LogP contribution in [0.4, 0.5) is 5.69 Å². The van der Waals surface area contributed by atoms with Crippen LogP contribution >= 0.6 is 12.4 Å². The first-order valence-corrected chi connectivity index (χ1v) is 11.3. The van der Waals surface area contributed by atoms with Crippen molar-refractivity contribution >= 4 is 18.1 Å². The number of piperazine rings is 1. The lowest BCUT2D eigenvalue weighted by Gasteiger charge is -2.46. The monoisotopic (exact) mass is 406 g/mol. The summed E-state index contributed by atoms with van der Waals surface area (Å²) in [5.41, 5.74) is 5.53. The Morgan fingerprint density at radius 1 is 0.964 bits per heavy atom. The van der Waals surface area contributed by atoms with Crippen molar-refractivity contribution in [3.8, 4) is 0 Å². The Morgan fingerprint density at radius 3 is 2.14 bits per heavy atom. The van der Waals surface area contributed by atoms with Gasteiger partial charge in [0.15, 0.2) is 0 Å². The van der Waals surface area contributed by atoms with Crippen LogP contribution in [0.25, 0.3) is 0 Å². The molecule has 160 valence electrons. The molecule has 0 spiro atoms. The zero-order chi connectivity index (χ0) is 19.7. The fourth-order valence-corrected chi connectivity index (χ4v) is 6.09. The van der Waals surface area contributed by atoms with E-state index in [-0.39, 0.29) is 12.4 Å². The minimum absolute atomic E-state index is 0. The van der Waals surface area contributed by atoms with E-state index in [1.54, 1.807) is 11.3 Å². The molecule has 1 heterocycles. The summed E-state index contributed by atoms with van der Waals surface area (Å²) in [5, 5.41) is 0. The van der Waals surface area contributed by atoms with E-state index in [1.165, 1.54) is 70.4 Å². The fourth-order valence-electron chi connectivity index (χ4n) is 6.09. The average molecular weight is 407 g/mol. The highest BCUT2D eigenvalue weighted by atomic mass is 35.5. The normalized spacial score (nSPS) is 22.7. The molecule has 3 rings (SSSR count). The topological polar surface area (TPSA) is 6.48 Å². The van der Waals surface area contributed by atoms with Gasteiger partial charge in [-0.25, -0.2) is 0 Å². The Labute approximate surface area is 180 Å². The third kappa shape index (κ3) is 5.66. The summed E-state index contributed by atoms with van der Waals surface area (Å²) in [6.07, 6.45) is 6.62. The van der Waals surface area contributed by atoms with Gasteiger partial charge in [-0.2, -0.15) is 0 Å². The van der Waals surface area contributed by atoms with Crippen LogP contribution in [0.3, 0.4) is 0 Å². The van der Waals surface area contributed by atoms with Gasteiger partial charge in [-0.3, -0.25) is 4.90 Å². The van der Waals surface area contributed by atoms with E-state index in [0.717, 1.165) is 0 Å². The van der Waals surface area contributed by atoms with Crippen molar-refractivity contribution in [3.05, 3.63) is 29.3 Å². The van der Waals surface area contributed by atoms with Gasteiger partial charge in [0.05, 0.1) is 0 Å². The Bertz CT molecular complexity index is 613. The van der Waals surface area contributed by atoms with E-state index < -0.39 is 0 Å². The standard InChI is InChI=1S/C25H42N2.ClH/c1-7-8-12-26-13-15-27(16-14-26)23-20(2)10-9-11-22(23)21-17-24(3,4)19-25(5,6)18-21;/h9-11,21H,7-8,12-19H2,1-6H3;1H. The van der Waals surface area contributed by atoms with Crippen molar-refractivity contribution in [2.24, 2.45) is 10.8 Å². The van der Waals surface area contributed by atoms with E-state index >= 15 is 0 Å². The Hall–Kier alpha value is -0.730. The van der Waals surface area contributed by atoms with E-state index in [9.17, 15) is 0 Å². The summed E-state index contributed by atoms with van der Waals surface area (Å²) < 4.78 is 0. The van der Waals surface area contributed by atoms with Gasteiger partial charge < -0.3 is 4.90 Å². The minimum atomic E-state index is 0. The second-order valence-corrected chi connectivity index (χ2v) is 10.8. The summed E-state index contributed by atoms with van der Waals surface area (Å²) in [4.78, 5) is 5.35. The fraction of sp³-hybridized carbons (Fsp3) is 0.760. The predicted octanol–water partition coefficient (Wildman–Crippen LogP) is 6.66. The maximum atomic E-state index is 2.70. The Balaban J connectivity index is 0.00000280. The minimum Gasteiger partial charge on any atom is -0.369 e. The van der Waals surface area contributed by atoms with Crippen LogP contribution in [0.15, 0.2) is 18.2 Å². The van der Waals surface area contributed by atoms with Crippen molar-refractivity contribution < 1.29 is 0 Å². The highest BCUT2D eigenvalue weighted by molar-refractivity contribution is 5.85. The Kier molecular flexibility index (Phi) is 7.90. The first-order valence-electron chi connectivity index (χ1n) is 11.3. The smallest absolute Gasteiger partial charge is 0.0432 e. The SMILES string of the molecule is CCCCN1CCN(c2c(C)cccc2C2CC(C)(C)CC(C)(C)C2)CC1.Cl. The van der Waals surface area contributed by atoms with Gasteiger partial charge in [-0.05, 0) is 67.0 Å². The lowest BCUT2D eigenvalue weighted by atomic mass is 9.60. The van der Waals surface area contributed by atoms with Crippen molar-refractivity contribution in [1.82, 2.24) is 4.90 Å². The second kappa shape index (κ2) is 9.39. The maximum absolute atomic E-state index is 2.70. The van der Waals surface area contributed by atoms with Crippen molar-refractivity contribution in [2.45, 2.75) is 79.6 Å². The molecule has 28 heavy (non-hydrogen) atoms. The summed E-state index contributed by atoms with van der Waals surface area (Å²) in [7, 11) is 0. The van der Waals surface area contributed by atoms with Gasteiger partial charge in [0, 0.05) is 31.9 Å².